The number of likely N-dealkylation sites (tertiary alicyclic amines) is 1. The van der Waals surface area contributed by atoms with Crippen LogP contribution in [0.1, 0.15) is 18.4 Å². The maximum atomic E-state index is 12.1. The van der Waals surface area contributed by atoms with Crippen molar-refractivity contribution in [1.29, 1.82) is 0 Å². The Hall–Kier alpha value is -2.67. The lowest BCUT2D eigenvalue weighted by atomic mass is 9.97. The molecule has 0 bridgehead atoms. The molecule has 1 saturated heterocycles. The first-order valence-electron chi connectivity index (χ1n) is 9.23. The molecule has 0 aliphatic carbocycles. The highest BCUT2D eigenvalue weighted by molar-refractivity contribution is 5.77. The van der Waals surface area contributed by atoms with Crippen molar-refractivity contribution < 1.29 is 14.3 Å². The normalized spacial score (nSPS) is 17.3. The molecule has 2 aromatic rings. The van der Waals surface area contributed by atoms with Crippen LogP contribution in [0.3, 0.4) is 0 Å². The fourth-order valence-corrected chi connectivity index (χ4v) is 3.32. The minimum atomic E-state index is -0.116. The van der Waals surface area contributed by atoms with Crippen LogP contribution in [0.25, 0.3) is 0 Å². The van der Waals surface area contributed by atoms with Crippen LogP contribution in [0, 0.1) is 5.92 Å². The fourth-order valence-electron chi connectivity index (χ4n) is 3.32. The first-order chi connectivity index (χ1) is 13.2. The maximum absolute atomic E-state index is 12.1. The number of carbonyl (C=O) groups excluding carboxylic acids is 1. The van der Waals surface area contributed by atoms with Gasteiger partial charge in [-0.05, 0) is 37.4 Å². The lowest BCUT2D eigenvalue weighted by Gasteiger charge is -2.32. The van der Waals surface area contributed by atoms with Crippen LogP contribution in [0.15, 0.2) is 43.0 Å². The van der Waals surface area contributed by atoms with Crippen LogP contribution in [0.4, 0.5) is 0 Å². The lowest BCUT2D eigenvalue weighted by molar-refractivity contribution is -0.123. The van der Waals surface area contributed by atoms with Gasteiger partial charge in [0.25, 0.3) is 5.91 Å². The van der Waals surface area contributed by atoms with Gasteiger partial charge < -0.3 is 14.8 Å². The van der Waals surface area contributed by atoms with Crippen molar-refractivity contribution in [3.05, 3.63) is 48.5 Å². The number of nitrogens with one attached hydrogen (secondary N) is 1. The third-order valence-corrected chi connectivity index (χ3v) is 4.64. The average Bonchev–Trinajstić information content (AvgIpc) is 2.72. The van der Waals surface area contributed by atoms with Crippen molar-refractivity contribution in [2.75, 3.05) is 33.4 Å². The molecule has 0 spiro atoms. The molecule has 2 heterocycles. The highest BCUT2D eigenvalue weighted by atomic mass is 16.5. The van der Waals surface area contributed by atoms with Gasteiger partial charge in [-0.3, -0.25) is 9.69 Å². The summed E-state index contributed by atoms with van der Waals surface area (Å²) in [5.41, 5.74) is 1.12. The van der Waals surface area contributed by atoms with E-state index in [2.05, 4.69) is 20.2 Å². The van der Waals surface area contributed by atoms with Crippen LogP contribution >= 0.6 is 0 Å². The molecule has 144 valence electrons. The predicted molar refractivity (Wildman–Crippen MR) is 102 cm³/mol. The van der Waals surface area contributed by atoms with Gasteiger partial charge in [0.05, 0.1) is 7.11 Å². The van der Waals surface area contributed by atoms with Gasteiger partial charge in [0, 0.05) is 37.6 Å². The summed E-state index contributed by atoms with van der Waals surface area (Å²) in [5.74, 6) is 1.52. The number of aromatic nitrogens is 2. The van der Waals surface area contributed by atoms with Gasteiger partial charge in [-0.25, -0.2) is 9.97 Å². The number of para-hydroxylation sites is 2. The van der Waals surface area contributed by atoms with Crippen molar-refractivity contribution in [1.82, 2.24) is 20.2 Å². The summed E-state index contributed by atoms with van der Waals surface area (Å²) in [4.78, 5) is 22.7. The van der Waals surface area contributed by atoms with Crippen LogP contribution in [0.5, 0.6) is 11.5 Å². The van der Waals surface area contributed by atoms with Gasteiger partial charge in [-0.1, -0.05) is 12.1 Å². The zero-order valence-electron chi connectivity index (χ0n) is 15.6. The summed E-state index contributed by atoms with van der Waals surface area (Å²) in [5, 5.41) is 2.99. The molecule has 1 atom stereocenters. The van der Waals surface area contributed by atoms with Crippen molar-refractivity contribution in [3.8, 4) is 11.5 Å². The molecular formula is C20H26N4O3. The Morgan fingerprint density at radius 3 is 2.81 bits per heavy atom. The van der Waals surface area contributed by atoms with Gasteiger partial charge in [-0.2, -0.15) is 0 Å². The summed E-state index contributed by atoms with van der Waals surface area (Å²) in [7, 11) is 1.58. The molecule has 3 rings (SSSR count). The highest BCUT2D eigenvalue weighted by Gasteiger charge is 2.20. The van der Waals surface area contributed by atoms with E-state index in [0.29, 0.717) is 24.0 Å². The monoisotopic (exact) mass is 370 g/mol. The minimum Gasteiger partial charge on any atom is -0.493 e. The predicted octanol–water partition coefficient (Wildman–Crippen LogP) is 1.89. The van der Waals surface area contributed by atoms with Crippen LogP contribution < -0.4 is 14.8 Å². The topological polar surface area (TPSA) is 76.6 Å². The van der Waals surface area contributed by atoms with E-state index in [4.69, 9.17) is 9.47 Å². The number of piperidine rings is 1. The molecule has 1 amide bonds. The van der Waals surface area contributed by atoms with E-state index in [0.717, 1.165) is 38.0 Å². The second-order valence-corrected chi connectivity index (χ2v) is 6.73. The number of rotatable bonds is 8. The van der Waals surface area contributed by atoms with Crippen LogP contribution in [-0.2, 0) is 11.3 Å². The molecule has 1 aliphatic rings. The second kappa shape index (κ2) is 9.87. The standard InChI is InChI=1S/C20H26N4O3/c1-26-18-6-2-3-7-19(18)27-14-20(25)23-11-16-5-4-8-24(12-16)13-17-9-21-15-22-10-17/h2-3,6-7,9-10,15-16H,4-5,8,11-14H2,1H3,(H,23,25)/t16-/m0/s1. The number of methoxy groups -OCH3 is 1. The smallest absolute Gasteiger partial charge is 0.257 e. The van der Waals surface area contributed by atoms with Crippen LogP contribution in [-0.4, -0.2) is 54.1 Å². The Kier molecular flexibility index (Phi) is 6.98. The minimum absolute atomic E-state index is 0.0157. The Balaban J connectivity index is 1.40. The molecule has 1 aliphatic heterocycles. The lowest BCUT2D eigenvalue weighted by Crippen LogP contribution is -2.41. The second-order valence-electron chi connectivity index (χ2n) is 6.73. The van der Waals surface area contributed by atoms with E-state index in [9.17, 15) is 4.79 Å². The summed E-state index contributed by atoms with van der Waals surface area (Å²) in [6.07, 6.45) is 7.51. The summed E-state index contributed by atoms with van der Waals surface area (Å²) in [6.45, 7) is 3.52. The quantitative estimate of drug-likeness (QED) is 0.765. The Bertz CT molecular complexity index is 726. The summed E-state index contributed by atoms with van der Waals surface area (Å²) in [6, 6.07) is 7.31. The molecule has 27 heavy (non-hydrogen) atoms. The van der Waals surface area contributed by atoms with Gasteiger partial charge in [-0.15, -0.1) is 0 Å². The number of hydrogen-bond acceptors (Lipinski definition) is 6. The zero-order chi connectivity index (χ0) is 18.9. The Morgan fingerprint density at radius 1 is 1.26 bits per heavy atom. The number of amides is 1. The molecular weight excluding hydrogens is 344 g/mol. The molecule has 0 unspecified atom stereocenters. The summed E-state index contributed by atoms with van der Waals surface area (Å²) >= 11 is 0. The van der Waals surface area contributed by atoms with Gasteiger partial charge in [0.1, 0.15) is 6.33 Å². The Labute approximate surface area is 159 Å². The average molecular weight is 370 g/mol. The van der Waals surface area contributed by atoms with E-state index >= 15 is 0 Å². The molecule has 1 N–H and O–H groups in total. The SMILES string of the molecule is COc1ccccc1OCC(=O)NC[C@@H]1CCCN(Cc2cncnc2)C1. The number of benzene rings is 1. The summed E-state index contributed by atoms with van der Waals surface area (Å²) < 4.78 is 10.8. The van der Waals surface area contributed by atoms with Crippen molar-refractivity contribution in [3.63, 3.8) is 0 Å². The molecule has 0 saturated carbocycles. The van der Waals surface area contributed by atoms with Gasteiger partial charge in [0.2, 0.25) is 0 Å². The maximum Gasteiger partial charge on any atom is 0.257 e. The molecule has 1 aromatic carbocycles. The van der Waals surface area contributed by atoms with E-state index in [1.54, 1.807) is 19.5 Å². The number of nitrogens with zero attached hydrogens (tertiary/aromatic N) is 3. The zero-order valence-corrected chi connectivity index (χ0v) is 15.6. The Morgan fingerprint density at radius 2 is 2.04 bits per heavy atom. The molecule has 1 aromatic heterocycles. The molecule has 0 radical (unpaired) electrons. The number of carbonyl (C=O) groups is 1. The van der Waals surface area contributed by atoms with Crippen molar-refractivity contribution >= 4 is 5.91 Å². The largest absolute Gasteiger partial charge is 0.493 e. The van der Waals surface area contributed by atoms with Crippen LogP contribution in [0.2, 0.25) is 0 Å². The van der Waals surface area contributed by atoms with E-state index in [1.807, 2.05) is 30.6 Å². The first-order valence-corrected chi connectivity index (χ1v) is 9.23. The molecule has 7 heteroatoms. The van der Waals surface area contributed by atoms with Gasteiger partial charge in [0.15, 0.2) is 18.1 Å². The van der Waals surface area contributed by atoms with Crippen molar-refractivity contribution in [2.45, 2.75) is 19.4 Å². The molecule has 7 nitrogen and oxygen atoms in total. The van der Waals surface area contributed by atoms with E-state index in [1.165, 1.54) is 0 Å². The number of hydrogen-bond donors (Lipinski definition) is 1. The third-order valence-electron chi connectivity index (χ3n) is 4.64. The van der Waals surface area contributed by atoms with E-state index < -0.39 is 0 Å². The first kappa shape index (κ1) is 19.1. The fraction of sp³-hybridized carbons (Fsp3) is 0.450. The number of ether oxygens (including phenoxy) is 2. The third kappa shape index (κ3) is 5.92. The van der Waals surface area contributed by atoms with Crippen molar-refractivity contribution in [2.24, 2.45) is 5.92 Å². The molecule has 1 fully saturated rings. The van der Waals surface area contributed by atoms with E-state index in [-0.39, 0.29) is 12.5 Å². The van der Waals surface area contributed by atoms with Gasteiger partial charge >= 0.3 is 0 Å². The highest BCUT2D eigenvalue weighted by Crippen LogP contribution is 2.25.